The van der Waals surface area contributed by atoms with Crippen LogP contribution in [-0.2, 0) is 0 Å². The molecule has 1 aromatic heterocycles. The van der Waals surface area contributed by atoms with E-state index in [1.165, 1.54) is 12.8 Å². The van der Waals surface area contributed by atoms with Crippen LogP contribution in [0.4, 0.5) is 16.3 Å². The van der Waals surface area contributed by atoms with Gasteiger partial charge in [-0.15, -0.1) is 0 Å². The van der Waals surface area contributed by atoms with Crippen molar-refractivity contribution in [3.05, 3.63) is 48.3 Å². The number of aromatic nitrogens is 2. The molecule has 0 bridgehead atoms. The van der Waals surface area contributed by atoms with E-state index in [9.17, 15) is 4.79 Å². The second kappa shape index (κ2) is 12.2. The number of urea groups is 1. The summed E-state index contributed by atoms with van der Waals surface area (Å²) in [5, 5.41) is 12.8. The maximum Gasteiger partial charge on any atom is 0.321 e. The number of fused-ring (bicyclic) bond motifs is 1. The van der Waals surface area contributed by atoms with Crippen molar-refractivity contribution in [1.29, 1.82) is 5.26 Å². The van der Waals surface area contributed by atoms with Gasteiger partial charge in [0.2, 0.25) is 0 Å². The van der Waals surface area contributed by atoms with Gasteiger partial charge in [-0.2, -0.15) is 5.26 Å². The number of methoxy groups -OCH3 is 1. The number of piperidine rings is 1. The Bertz CT molecular complexity index is 1330. The molecule has 0 spiro atoms. The summed E-state index contributed by atoms with van der Waals surface area (Å²) in [5.41, 5.74) is 2.02. The van der Waals surface area contributed by atoms with Crippen molar-refractivity contribution in [2.45, 2.75) is 19.8 Å². The molecule has 5 rings (SSSR count). The molecule has 3 heterocycles. The van der Waals surface area contributed by atoms with Gasteiger partial charge < -0.3 is 24.6 Å². The van der Waals surface area contributed by atoms with Crippen LogP contribution in [0, 0.1) is 17.2 Å². The standard InChI is InChI=1S/C29H35N7O3/c1-21-7-9-34(10-8-21)15-16-39-27-18-25-24(17-26(27)38-2)28(32-20-31-25)35-11-13-36(14-12-35)29(37)33-23-5-3-22(19-30)4-6-23/h3-6,17-18,20-21H,7-16H2,1-2H3,(H,33,37). The lowest BCUT2D eigenvalue weighted by atomic mass is 9.99. The average molecular weight is 530 g/mol. The molecule has 10 heteroatoms. The molecule has 0 aliphatic carbocycles. The quantitative estimate of drug-likeness (QED) is 0.490. The molecule has 2 saturated heterocycles. The summed E-state index contributed by atoms with van der Waals surface area (Å²) in [5.74, 6) is 2.97. The lowest BCUT2D eigenvalue weighted by Gasteiger charge is -2.35. The zero-order valence-corrected chi connectivity index (χ0v) is 22.6. The van der Waals surface area contributed by atoms with E-state index in [1.54, 1.807) is 42.6 Å². The predicted molar refractivity (Wildman–Crippen MR) is 150 cm³/mol. The molecule has 2 aliphatic heterocycles. The van der Waals surface area contributed by atoms with Gasteiger partial charge in [0.25, 0.3) is 0 Å². The molecule has 0 unspecified atom stereocenters. The molecule has 2 aliphatic rings. The second-order valence-electron chi connectivity index (χ2n) is 10.2. The molecule has 2 fully saturated rings. The van der Waals surface area contributed by atoms with E-state index in [1.807, 2.05) is 12.1 Å². The smallest absolute Gasteiger partial charge is 0.321 e. The van der Waals surface area contributed by atoms with Crippen LogP contribution in [-0.4, -0.2) is 85.3 Å². The number of ether oxygens (including phenoxy) is 2. The van der Waals surface area contributed by atoms with Crippen LogP contribution in [0.1, 0.15) is 25.3 Å². The second-order valence-corrected chi connectivity index (χ2v) is 10.2. The molecular formula is C29H35N7O3. The minimum Gasteiger partial charge on any atom is -0.493 e. The first-order valence-electron chi connectivity index (χ1n) is 13.5. The van der Waals surface area contributed by atoms with Crippen molar-refractivity contribution < 1.29 is 14.3 Å². The third kappa shape index (κ3) is 6.32. The van der Waals surface area contributed by atoms with Gasteiger partial charge in [-0.05, 0) is 62.2 Å². The number of likely N-dealkylation sites (tertiary alicyclic amines) is 1. The average Bonchev–Trinajstić information content (AvgIpc) is 2.98. The Kier molecular flexibility index (Phi) is 8.27. The normalized spacial score (nSPS) is 16.6. The van der Waals surface area contributed by atoms with E-state index in [0.29, 0.717) is 55.5 Å². The van der Waals surface area contributed by atoms with E-state index >= 15 is 0 Å². The SMILES string of the molecule is COc1cc2c(N3CCN(C(=O)Nc4ccc(C#N)cc4)CC3)ncnc2cc1OCCN1CCC(C)CC1. The third-order valence-corrected chi connectivity index (χ3v) is 7.57. The number of amides is 2. The first-order valence-corrected chi connectivity index (χ1v) is 13.5. The Morgan fingerprint density at radius 3 is 2.49 bits per heavy atom. The molecule has 10 nitrogen and oxygen atoms in total. The fourth-order valence-electron chi connectivity index (χ4n) is 5.10. The number of piperazine rings is 1. The van der Waals surface area contributed by atoms with E-state index in [-0.39, 0.29) is 6.03 Å². The summed E-state index contributed by atoms with van der Waals surface area (Å²) in [6, 6.07) is 12.7. The molecule has 1 N–H and O–H groups in total. The van der Waals surface area contributed by atoms with Crippen LogP contribution in [0.2, 0.25) is 0 Å². The van der Waals surface area contributed by atoms with Crippen molar-refractivity contribution in [3.63, 3.8) is 0 Å². The lowest BCUT2D eigenvalue weighted by molar-refractivity contribution is 0.159. The van der Waals surface area contributed by atoms with Crippen molar-refractivity contribution in [2.24, 2.45) is 5.92 Å². The Morgan fingerprint density at radius 1 is 1.05 bits per heavy atom. The van der Waals surface area contributed by atoms with Gasteiger partial charge in [-0.1, -0.05) is 6.92 Å². The maximum atomic E-state index is 12.8. The first-order chi connectivity index (χ1) is 19.0. The number of benzene rings is 2. The molecule has 0 atom stereocenters. The largest absolute Gasteiger partial charge is 0.493 e. The molecule has 39 heavy (non-hydrogen) atoms. The minimum atomic E-state index is -0.158. The predicted octanol–water partition coefficient (Wildman–Crippen LogP) is 3.97. The molecule has 3 aromatic rings. The van der Waals surface area contributed by atoms with Crippen LogP contribution < -0.4 is 19.7 Å². The summed E-state index contributed by atoms with van der Waals surface area (Å²) in [6.07, 6.45) is 4.07. The number of hydrogen-bond donors (Lipinski definition) is 1. The molecule has 2 amide bonds. The van der Waals surface area contributed by atoms with Crippen LogP contribution in [0.5, 0.6) is 11.5 Å². The van der Waals surface area contributed by atoms with Gasteiger partial charge in [0.1, 0.15) is 18.8 Å². The van der Waals surface area contributed by atoms with Gasteiger partial charge in [0, 0.05) is 49.9 Å². The van der Waals surface area contributed by atoms with Crippen molar-refractivity contribution in [2.75, 3.05) is 69.7 Å². The van der Waals surface area contributed by atoms with E-state index in [0.717, 1.165) is 42.3 Å². The lowest BCUT2D eigenvalue weighted by Crippen LogP contribution is -2.50. The number of hydrogen-bond acceptors (Lipinski definition) is 8. The van der Waals surface area contributed by atoms with Gasteiger partial charge in [-0.25, -0.2) is 14.8 Å². The van der Waals surface area contributed by atoms with Gasteiger partial charge >= 0.3 is 6.03 Å². The Balaban J connectivity index is 1.21. The highest BCUT2D eigenvalue weighted by atomic mass is 16.5. The highest BCUT2D eigenvalue weighted by Crippen LogP contribution is 2.35. The molecule has 0 saturated carbocycles. The number of nitrogens with zero attached hydrogens (tertiary/aromatic N) is 6. The summed E-state index contributed by atoms with van der Waals surface area (Å²) in [4.78, 5) is 28.3. The monoisotopic (exact) mass is 529 g/mol. The van der Waals surface area contributed by atoms with Gasteiger partial charge in [0.15, 0.2) is 11.5 Å². The van der Waals surface area contributed by atoms with Gasteiger partial charge in [0.05, 0.1) is 24.3 Å². The summed E-state index contributed by atoms with van der Waals surface area (Å²) in [7, 11) is 1.65. The summed E-state index contributed by atoms with van der Waals surface area (Å²) >= 11 is 0. The van der Waals surface area contributed by atoms with Crippen LogP contribution >= 0.6 is 0 Å². The number of carbonyl (C=O) groups is 1. The zero-order valence-electron chi connectivity index (χ0n) is 22.6. The number of rotatable bonds is 7. The highest BCUT2D eigenvalue weighted by molar-refractivity contribution is 5.92. The van der Waals surface area contributed by atoms with E-state index in [2.05, 4.69) is 38.1 Å². The number of carbonyl (C=O) groups excluding carboxylic acids is 1. The fraction of sp³-hybridized carbons (Fsp3) is 0.448. The molecular weight excluding hydrogens is 494 g/mol. The Morgan fingerprint density at radius 2 is 1.79 bits per heavy atom. The highest BCUT2D eigenvalue weighted by Gasteiger charge is 2.24. The number of nitrogens with one attached hydrogen (secondary N) is 1. The van der Waals surface area contributed by atoms with Crippen LogP contribution in [0.15, 0.2) is 42.7 Å². The minimum absolute atomic E-state index is 0.158. The van der Waals surface area contributed by atoms with E-state index < -0.39 is 0 Å². The molecule has 2 aromatic carbocycles. The Hall–Kier alpha value is -4.10. The first kappa shape index (κ1) is 26.5. The van der Waals surface area contributed by atoms with Crippen molar-refractivity contribution >= 4 is 28.4 Å². The van der Waals surface area contributed by atoms with Gasteiger partial charge in [-0.3, -0.25) is 4.90 Å². The maximum absolute atomic E-state index is 12.8. The van der Waals surface area contributed by atoms with Crippen LogP contribution in [0.25, 0.3) is 10.9 Å². The zero-order chi connectivity index (χ0) is 27.2. The number of nitriles is 1. The molecule has 204 valence electrons. The van der Waals surface area contributed by atoms with E-state index in [4.69, 9.17) is 14.7 Å². The Labute approximate surface area is 229 Å². The molecule has 0 radical (unpaired) electrons. The topological polar surface area (TPSA) is 107 Å². The van der Waals surface area contributed by atoms with Crippen molar-refractivity contribution in [3.8, 4) is 17.6 Å². The van der Waals surface area contributed by atoms with Crippen molar-refractivity contribution in [1.82, 2.24) is 19.8 Å². The summed E-state index contributed by atoms with van der Waals surface area (Å²) in [6.45, 7) is 8.46. The third-order valence-electron chi connectivity index (χ3n) is 7.57. The number of anilines is 2. The van der Waals surface area contributed by atoms with Crippen LogP contribution in [0.3, 0.4) is 0 Å². The fourth-order valence-corrected chi connectivity index (χ4v) is 5.10. The summed E-state index contributed by atoms with van der Waals surface area (Å²) < 4.78 is 11.8.